The maximum Gasteiger partial charge on any atom is 0.162 e. The third-order valence-electron chi connectivity index (χ3n) is 4.96. The number of benzene rings is 1. The lowest BCUT2D eigenvalue weighted by molar-refractivity contribution is -0.117. The molecule has 1 atom stereocenters. The Bertz CT molecular complexity index is 687. The lowest BCUT2D eigenvalue weighted by Crippen LogP contribution is -2.17. The molecule has 2 nitrogen and oxygen atoms in total. The van der Waals surface area contributed by atoms with E-state index in [0.29, 0.717) is 0 Å². The molecule has 1 aromatic carbocycles. The number of carbonyl (C=O) groups is 1. The molecule has 4 bridgehead atoms. The zero-order chi connectivity index (χ0) is 16.6. The summed E-state index contributed by atoms with van der Waals surface area (Å²) in [6.07, 6.45) is 9.58. The highest BCUT2D eigenvalue weighted by atomic mass is 16.5. The monoisotopic (exact) mass is 310 g/mol. The number of allylic oxidation sites excluding steroid dienone is 4. The number of rotatable bonds is 1. The van der Waals surface area contributed by atoms with Crippen molar-refractivity contribution < 1.29 is 9.53 Å². The first kappa shape index (κ1) is 16.0. The maximum absolute atomic E-state index is 12.1. The van der Waals surface area contributed by atoms with Crippen molar-refractivity contribution in [2.24, 2.45) is 5.92 Å². The molecule has 2 aliphatic carbocycles. The van der Waals surface area contributed by atoms with Crippen molar-refractivity contribution in [3.63, 3.8) is 0 Å². The van der Waals surface area contributed by atoms with Gasteiger partial charge in [-0.2, -0.15) is 0 Å². The fourth-order valence-corrected chi connectivity index (χ4v) is 3.51. The van der Waals surface area contributed by atoms with Crippen LogP contribution in [-0.2, 0) is 23.1 Å². The average Bonchev–Trinajstić information content (AvgIpc) is 2.50. The van der Waals surface area contributed by atoms with Gasteiger partial charge in [0.1, 0.15) is 5.75 Å². The van der Waals surface area contributed by atoms with E-state index in [1.165, 1.54) is 22.3 Å². The SMILES string of the molecule is COc1c2cc(C(C)(C)C)cc1CCC1C=C(C=CC1=O)CC2. The lowest BCUT2D eigenvalue weighted by atomic mass is 9.81. The normalized spacial score (nSPS) is 21.0. The highest BCUT2D eigenvalue weighted by Gasteiger charge is 2.23. The van der Waals surface area contributed by atoms with Crippen LogP contribution in [0.2, 0.25) is 0 Å². The van der Waals surface area contributed by atoms with E-state index in [1.807, 2.05) is 6.08 Å². The van der Waals surface area contributed by atoms with Crippen molar-refractivity contribution >= 4 is 5.78 Å². The zero-order valence-corrected chi connectivity index (χ0v) is 14.6. The van der Waals surface area contributed by atoms with E-state index in [0.717, 1.165) is 31.4 Å². The quantitative estimate of drug-likeness (QED) is 0.760. The third kappa shape index (κ3) is 3.26. The predicted octanol–water partition coefficient (Wildman–Crippen LogP) is 4.55. The number of ether oxygens (including phenoxy) is 1. The van der Waals surface area contributed by atoms with E-state index in [4.69, 9.17) is 4.74 Å². The summed E-state index contributed by atoms with van der Waals surface area (Å²) in [5, 5.41) is 0. The molecular weight excluding hydrogens is 284 g/mol. The van der Waals surface area contributed by atoms with Crippen molar-refractivity contribution in [3.8, 4) is 5.75 Å². The van der Waals surface area contributed by atoms with Crippen LogP contribution >= 0.6 is 0 Å². The third-order valence-corrected chi connectivity index (χ3v) is 4.96. The Balaban J connectivity index is 2.06. The number of ketones is 1. The predicted molar refractivity (Wildman–Crippen MR) is 94.1 cm³/mol. The highest BCUT2D eigenvalue weighted by molar-refractivity contribution is 5.94. The molecule has 1 aromatic rings. The van der Waals surface area contributed by atoms with Crippen LogP contribution < -0.4 is 4.74 Å². The molecule has 2 heteroatoms. The number of carbonyl (C=O) groups excluding carboxylic acids is 1. The Morgan fingerprint density at radius 1 is 1.04 bits per heavy atom. The van der Waals surface area contributed by atoms with Gasteiger partial charge in [-0.1, -0.05) is 50.6 Å². The van der Waals surface area contributed by atoms with Gasteiger partial charge in [0.2, 0.25) is 0 Å². The number of hydrogen-bond acceptors (Lipinski definition) is 2. The molecule has 3 rings (SSSR count). The molecule has 23 heavy (non-hydrogen) atoms. The van der Waals surface area contributed by atoms with Crippen LogP contribution in [0.25, 0.3) is 0 Å². The fraction of sp³-hybridized carbons (Fsp3) is 0.476. The zero-order valence-electron chi connectivity index (χ0n) is 14.6. The van der Waals surface area contributed by atoms with E-state index in [1.54, 1.807) is 13.2 Å². The van der Waals surface area contributed by atoms with Gasteiger partial charge in [0.15, 0.2) is 5.78 Å². The van der Waals surface area contributed by atoms with Gasteiger partial charge in [0, 0.05) is 5.92 Å². The average molecular weight is 310 g/mol. The standard InChI is InChI=1S/C21H26O2/c1-21(2,3)18-12-16-7-5-14-6-10-19(22)15(11-14)8-9-17(13-18)20(16)23-4/h6,10-13,15H,5,7-9H2,1-4H3. The maximum atomic E-state index is 12.1. The Hall–Kier alpha value is -1.83. The van der Waals surface area contributed by atoms with Gasteiger partial charge in [-0.05, 0) is 53.9 Å². The molecule has 0 radical (unpaired) electrons. The topological polar surface area (TPSA) is 26.3 Å². The molecule has 0 fully saturated rings. The van der Waals surface area contributed by atoms with Crippen LogP contribution in [0.3, 0.4) is 0 Å². The Morgan fingerprint density at radius 3 is 2.39 bits per heavy atom. The van der Waals surface area contributed by atoms with Crippen LogP contribution in [0.1, 0.15) is 50.3 Å². The van der Waals surface area contributed by atoms with Crippen molar-refractivity contribution in [2.75, 3.05) is 7.11 Å². The van der Waals surface area contributed by atoms with Crippen molar-refractivity contribution in [3.05, 3.63) is 52.6 Å². The summed E-state index contributed by atoms with van der Waals surface area (Å²) >= 11 is 0. The molecule has 122 valence electrons. The Morgan fingerprint density at radius 2 is 1.74 bits per heavy atom. The first-order valence-electron chi connectivity index (χ1n) is 8.51. The molecule has 0 saturated carbocycles. The van der Waals surface area contributed by atoms with Crippen molar-refractivity contribution in [1.82, 2.24) is 0 Å². The van der Waals surface area contributed by atoms with E-state index in [9.17, 15) is 4.79 Å². The molecule has 0 saturated heterocycles. The van der Waals surface area contributed by atoms with Crippen LogP contribution in [0.5, 0.6) is 5.75 Å². The van der Waals surface area contributed by atoms with Crippen molar-refractivity contribution in [2.45, 2.75) is 51.9 Å². The summed E-state index contributed by atoms with van der Waals surface area (Å²) in [4.78, 5) is 12.1. The highest BCUT2D eigenvalue weighted by Crippen LogP contribution is 2.36. The molecule has 0 amide bonds. The summed E-state index contributed by atoms with van der Waals surface area (Å²) in [5.41, 5.74) is 5.28. The van der Waals surface area contributed by atoms with Gasteiger partial charge in [-0.3, -0.25) is 4.79 Å². The molecule has 1 unspecified atom stereocenters. The molecule has 2 aliphatic rings. The summed E-state index contributed by atoms with van der Waals surface area (Å²) < 4.78 is 5.74. The van der Waals surface area contributed by atoms with Gasteiger partial charge in [-0.15, -0.1) is 0 Å². The molecule has 0 N–H and O–H groups in total. The summed E-state index contributed by atoms with van der Waals surface area (Å²) in [6.45, 7) is 6.74. The van der Waals surface area contributed by atoms with Gasteiger partial charge >= 0.3 is 0 Å². The molecule has 0 spiro atoms. The van der Waals surface area contributed by atoms with Gasteiger partial charge in [0.25, 0.3) is 0 Å². The van der Waals surface area contributed by atoms with Crippen LogP contribution in [0.4, 0.5) is 0 Å². The first-order valence-corrected chi connectivity index (χ1v) is 8.51. The summed E-state index contributed by atoms with van der Waals surface area (Å²) in [5.74, 6) is 1.29. The van der Waals surface area contributed by atoms with E-state index < -0.39 is 0 Å². The Kier molecular flexibility index (Phi) is 4.18. The number of aryl methyl sites for hydroxylation is 2. The Labute approximate surface area is 139 Å². The van der Waals surface area contributed by atoms with Gasteiger partial charge in [-0.25, -0.2) is 0 Å². The minimum atomic E-state index is 0.0274. The minimum absolute atomic E-state index is 0.0274. The number of fused-ring (bicyclic) bond motifs is 3. The smallest absolute Gasteiger partial charge is 0.162 e. The van der Waals surface area contributed by atoms with Gasteiger partial charge in [0.05, 0.1) is 7.11 Å². The van der Waals surface area contributed by atoms with Crippen LogP contribution in [-0.4, -0.2) is 12.9 Å². The second-order valence-electron chi connectivity index (χ2n) is 7.70. The minimum Gasteiger partial charge on any atom is -0.496 e. The summed E-state index contributed by atoms with van der Waals surface area (Å²) in [7, 11) is 1.76. The molecule has 0 heterocycles. The largest absolute Gasteiger partial charge is 0.496 e. The first-order chi connectivity index (χ1) is 10.9. The summed E-state index contributed by atoms with van der Waals surface area (Å²) in [6, 6.07) is 4.58. The second kappa shape index (κ2) is 5.99. The fourth-order valence-electron chi connectivity index (χ4n) is 3.51. The molecule has 0 aromatic heterocycles. The van der Waals surface area contributed by atoms with E-state index in [-0.39, 0.29) is 17.1 Å². The van der Waals surface area contributed by atoms with E-state index in [2.05, 4.69) is 39.0 Å². The van der Waals surface area contributed by atoms with Crippen LogP contribution in [0.15, 0.2) is 35.9 Å². The number of methoxy groups -OCH3 is 1. The van der Waals surface area contributed by atoms with Gasteiger partial charge < -0.3 is 4.74 Å². The number of hydrogen-bond donors (Lipinski definition) is 0. The van der Waals surface area contributed by atoms with E-state index >= 15 is 0 Å². The molecule has 0 aliphatic heterocycles. The molecular formula is C21H26O2. The second-order valence-corrected chi connectivity index (χ2v) is 7.70. The lowest BCUT2D eigenvalue weighted by Gasteiger charge is -2.25. The van der Waals surface area contributed by atoms with Crippen LogP contribution in [0, 0.1) is 5.92 Å². The van der Waals surface area contributed by atoms with Crippen molar-refractivity contribution in [1.29, 1.82) is 0 Å².